The number of imidazole rings is 1. The van der Waals surface area contributed by atoms with E-state index in [1.807, 2.05) is 36.6 Å². The van der Waals surface area contributed by atoms with Crippen LogP contribution in [0.25, 0.3) is 21.7 Å². The number of likely N-dealkylation sites (tertiary alicyclic amines) is 1. The number of allylic oxidation sites excluding steroid dienone is 1. The Morgan fingerprint density at radius 3 is 2.73 bits per heavy atom. The lowest BCUT2D eigenvalue weighted by molar-refractivity contribution is -0.127. The Hall–Kier alpha value is -4.27. The Kier molecular flexibility index (Phi) is 9.56. The van der Waals surface area contributed by atoms with Crippen molar-refractivity contribution in [2.75, 3.05) is 18.4 Å². The average Bonchev–Trinajstić information content (AvgIpc) is 3.78. The van der Waals surface area contributed by atoms with E-state index in [9.17, 15) is 14.9 Å². The lowest BCUT2D eigenvalue weighted by Gasteiger charge is -2.26. The molecule has 0 radical (unpaired) electrons. The van der Waals surface area contributed by atoms with Gasteiger partial charge in [-0.25, -0.2) is 9.97 Å². The summed E-state index contributed by atoms with van der Waals surface area (Å²) in [7, 11) is 0. The summed E-state index contributed by atoms with van der Waals surface area (Å²) in [6.07, 6.45) is 5.01. The van der Waals surface area contributed by atoms with Crippen molar-refractivity contribution < 1.29 is 14.0 Å². The molecule has 1 atom stereocenters. The number of hydrogen-bond donors (Lipinski definition) is 2. The predicted octanol–water partition coefficient (Wildman–Crippen LogP) is 6.55. The van der Waals surface area contributed by atoms with Gasteiger partial charge in [0, 0.05) is 33.1 Å². The first-order chi connectivity index (χ1) is 21.4. The van der Waals surface area contributed by atoms with E-state index in [2.05, 4.69) is 48.5 Å². The van der Waals surface area contributed by atoms with Crippen LogP contribution in [0.5, 0.6) is 0 Å². The molecule has 1 fully saturated rings. The maximum absolute atomic E-state index is 13.5. The van der Waals surface area contributed by atoms with Crippen LogP contribution in [0, 0.1) is 29.6 Å². The first-order valence-electron chi connectivity index (χ1n) is 15.4. The molecule has 1 aliphatic heterocycles. The molecule has 45 heavy (non-hydrogen) atoms. The second-order valence-corrected chi connectivity index (χ2v) is 14.2. The maximum atomic E-state index is 13.5. The molecule has 0 spiro atoms. The van der Waals surface area contributed by atoms with E-state index in [1.54, 1.807) is 30.2 Å². The number of aromatic nitrogens is 3. The van der Waals surface area contributed by atoms with Gasteiger partial charge in [-0.1, -0.05) is 46.8 Å². The van der Waals surface area contributed by atoms with Gasteiger partial charge in [0.25, 0.3) is 11.8 Å². The van der Waals surface area contributed by atoms with Crippen molar-refractivity contribution in [3.05, 3.63) is 64.5 Å². The summed E-state index contributed by atoms with van der Waals surface area (Å²) in [6.45, 7) is 14.9. The second kappa shape index (κ2) is 13.4. The second-order valence-electron chi connectivity index (χ2n) is 13.1. The van der Waals surface area contributed by atoms with Crippen LogP contribution in [0.2, 0.25) is 0 Å². The number of carbonyl (C=O) groups is 2. The highest BCUT2D eigenvalue weighted by Gasteiger charge is 2.32. The topological polar surface area (TPSA) is 129 Å². The molecule has 11 heteroatoms. The number of oxazole rings is 1. The van der Waals surface area contributed by atoms with E-state index in [0.717, 1.165) is 40.9 Å². The molecule has 1 aromatic carbocycles. The monoisotopic (exact) mass is 627 g/mol. The van der Waals surface area contributed by atoms with Gasteiger partial charge in [-0.2, -0.15) is 5.26 Å². The average molecular weight is 628 g/mol. The Balaban J connectivity index is 1.44. The molecule has 0 bridgehead atoms. The minimum atomic E-state index is -0.280. The number of aryl methyl sites for hydroxylation is 1. The summed E-state index contributed by atoms with van der Waals surface area (Å²) in [6, 6.07) is 11.7. The lowest BCUT2D eigenvalue weighted by Crippen LogP contribution is -2.39. The van der Waals surface area contributed by atoms with E-state index in [1.165, 1.54) is 11.3 Å². The van der Waals surface area contributed by atoms with Crippen LogP contribution < -0.4 is 10.6 Å². The van der Waals surface area contributed by atoms with E-state index in [0.29, 0.717) is 42.1 Å². The molecule has 4 aromatic rings. The number of amides is 2. The van der Waals surface area contributed by atoms with Gasteiger partial charge in [0.05, 0.1) is 33.0 Å². The van der Waals surface area contributed by atoms with Crippen molar-refractivity contribution in [2.24, 2.45) is 11.3 Å². The molecular weight excluding hydrogens is 586 g/mol. The fraction of sp³-hybridized carbons (Fsp3) is 0.441. The zero-order valence-electron chi connectivity index (χ0n) is 26.8. The van der Waals surface area contributed by atoms with E-state index in [4.69, 9.17) is 9.40 Å². The molecule has 1 saturated heterocycles. The number of anilines is 1. The Morgan fingerprint density at radius 1 is 1.24 bits per heavy atom. The number of nitrogens with zero attached hydrogens (tertiary/aromatic N) is 5. The largest absolute Gasteiger partial charge is 0.440 e. The van der Waals surface area contributed by atoms with Gasteiger partial charge >= 0.3 is 0 Å². The number of carbonyl (C=O) groups excluding carboxylic acids is 2. The normalized spacial score (nSPS) is 15.6. The van der Waals surface area contributed by atoms with Crippen molar-refractivity contribution in [1.29, 1.82) is 5.26 Å². The quantitative estimate of drug-likeness (QED) is 0.151. The van der Waals surface area contributed by atoms with Crippen LogP contribution in [0.3, 0.4) is 0 Å². The molecule has 1 aliphatic rings. The van der Waals surface area contributed by atoms with Gasteiger partial charge in [0.1, 0.15) is 11.6 Å². The number of thiophene rings is 1. The zero-order chi connectivity index (χ0) is 32.3. The third kappa shape index (κ3) is 7.70. The number of rotatable bonds is 10. The predicted molar refractivity (Wildman–Crippen MR) is 177 cm³/mol. The van der Waals surface area contributed by atoms with Crippen LogP contribution in [-0.2, 0) is 17.9 Å². The number of nitriles is 1. The van der Waals surface area contributed by atoms with Crippen molar-refractivity contribution >= 4 is 40.1 Å². The van der Waals surface area contributed by atoms with Crippen LogP contribution in [0.4, 0.5) is 5.95 Å². The van der Waals surface area contributed by atoms with Crippen molar-refractivity contribution in [3.63, 3.8) is 0 Å². The Labute approximate surface area is 268 Å². The van der Waals surface area contributed by atoms with Crippen LogP contribution in [0.1, 0.15) is 68.6 Å². The molecular formula is C34H41N7O3S. The summed E-state index contributed by atoms with van der Waals surface area (Å²) in [5.41, 5.74) is 3.06. The fourth-order valence-electron chi connectivity index (χ4n) is 5.53. The minimum absolute atomic E-state index is 0.0852. The minimum Gasteiger partial charge on any atom is -0.440 e. The molecule has 0 saturated carbocycles. The number of hydrogen-bond acceptors (Lipinski definition) is 8. The van der Waals surface area contributed by atoms with Crippen molar-refractivity contribution in [3.8, 4) is 16.7 Å². The van der Waals surface area contributed by atoms with E-state index >= 15 is 0 Å². The highest BCUT2D eigenvalue weighted by Crippen LogP contribution is 2.31. The van der Waals surface area contributed by atoms with Crippen molar-refractivity contribution in [1.82, 2.24) is 24.8 Å². The molecule has 2 N–H and O–H groups in total. The third-order valence-electron chi connectivity index (χ3n) is 7.60. The fourth-order valence-corrected chi connectivity index (χ4v) is 6.37. The smallest absolute Gasteiger partial charge is 0.268 e. The number of nitrogens with one attached hydrogen (secondary N) is 2. The molecule has 0 aliphatic carbocycles. The van der Waals surface area contributed by atoms with Crippen LogP contribution >= 0.6 is 11.3 Å². The first-order valence-corrected chi connectivity index (χ1v) is 16.2. The standard InChI is InChI=1S/C34H41N7O3S/c1-21(2)14-24(16-35)32(43)40-13-7-8-25(40)19-41-27-10-9-23(17-36-20-34(4,5)6)15-26(27)38-33(41)39-31(42)30-12-11-29(45-30)28-18-37-22(3)44-28/h9-12,14-15,18,21,25,36H,7-8,13,17,19-20H2,1-6H3,(H,38,39,42). The number of benzene rings is 1. The highest BCUT2D eigenvalue weighted by molar-refractivity contribution is 7.17. The Bertz CT molecular complexity index is 1770. The molecule has 4 heterocycles. The molecule has 5 rings (SSSR count). The summed E-state index contributed by atoms with van der Waals surface area (Å²) < 4.78 is 7.63. The number of fused-ring (bicyclic) bond motifs is 1. The first kappa shape index (κ1) is 32.1. The zero-order valence-corrected chi connectivity index (χ0v) is 27.6. The van der Waals surface area contributed by atoms with E-state index in [-0.39, 0.29) is 34.8 Å². The van der Waals surface area contributed by atoms with Gasteiger partial charge in [0.15, 0.2) is 11.7 Å². The summed E-state index contributed by atoms with van der Waals surface area (Å²) >= 11 is 1.32. The van der Waals surface area contributed by atoms with Crippen LogP contribution in [-0.4, -0.2) is 50.4 Å². The van der Waals surface area contributed by atoms with E-state index < -0.39 is 0 Å². The van der Waals surface area contributed by atoms with Gasteiger partial charge < -0.3 is 19.2 Å². The highest BCUT2D eigenvalue weighted by atomic mass is 32.1. The Morgan fingerprint density at radius 2 is 2.04 bits per heavy atom. The van der Waals surface area contributed by atoms with Crippen molar-refractivity contribution in [2.45, 2.75) is 73.5 Å². The lowest BCUT2D eigenvalue weighted by atomic mass is 9.97. The van der Waals surface area contributed by atoms with Gasteiger partial charge in [0.2, 0.25) is 5.95 Å². The SMILES string of the molecule is Cc1ncc(-c2ccc(C(=O)Nc3nc4cc(CNCC(C)(C)C)ccc4n3CC3CCCN3C(=O)C(C#N)=CC(C)C)s2)o1. The molecule has 3 aromatic heterocycles. The van der Waals surface area contributed by atoms with Gasteiger partial charge in [-0.15, -0.1) is 11.3 Å². The molecule has 236 valence electrons. The summed E-state index contributed by atoms with van der Waals surface area (Å²) in [5, 5.41) is 16.3. The van der Waals surface area contributed by atoms with Crippen LogP contribution in [0.15, 0.2) is 52.6 Å². The third-order valence-corrected chi connectivity index (χ3v) is 8.70. The molecule has 10 nitrogen and oxygen atoms in total. The maximum Gasteiger partial charge on any atom is 0.268 e. The molecule has 2 amide bonds. The summed E-state index contributed by atoms with van der Waals surface area (Å²) in [5.74, 6) is 1.15. The van der Waals surface area contributed by atoms with Gasteiger partial charge in [-0.05, 0) is 54.0 Å². The summed E-state index contributed by atoms with van der Waals surface area (Å²) in [4.78, 5) is 39.1. The molecule has 1 unspecified atom stereocenters. The van der Waals surface area contributed by atoms with Gasteiger partial charge in [-0.3, -0.25) is 14.9 Å².